The fourth-order valence-electron chi connectivity index (χ4n) is 3.65. The van der Waals surface area contributed by atoms with Crippen LogP contribution in [0.3, 0.4) is 0 Å². The Morgan fingerprint density at radius 1 is 1.25 bits per heavy atom. The molecule has 0 saturated carbocycles. The molecule has 130 valence electrons. The average molecular weight is 330 g/mol. The Kier molecular flexibility index (Phi) is 4.76. The lowest BCUT2D eigenvalue weighted by atomic mass is 9.98. The highest BCUT2D eigenvalue weighted by molar-refractivity contribution is 5.95. The summed E-state index contributed by atoms with van der Waals surface area (Å²) >= 11 is 0. The van der Waals surface area contributed by atoms with Gasteiger partial charge in [0.1, 0.15) is 0 Å². The Morgan fingerprint density at radius 3 is 2.62 bits per heavy atom. The largest absolute Gasteiger partial charge is 0.366 e. The highest BCUT2D eigenvalue weighted by Crippen LogP contribution is 2.25. The molecule has 2 saturated heterocycles. The molecule has 3 N–H and O–H groups in total. The van der Waals surface area contributed by atoms with Gasteiger partial charge in [0.15, 0.2) is 0 Å². The van der Waals surface area contributed by atoms with Gasteiger partial charge < -0.3 is 16.0 Å². The van der Waals surface area contributed by atoms with Gasteiger partial charge in [0.05, 0.1) is 0 Å². The van der Waals surface area contributed by atoms with Crippen molar-refractivity contribution in [2.75, 3.05) is 25.0 Å². The lowest BCUT2D eigenvalue weighted by Crippen LogP contribution is -2.64. The highest BCUT2D eigenvalue weighted by atomic mass is 16.2. The quantitative estimate of drug-likeness (QED) is 0.891. The second kappa shape index (κ2) is 6.81. The summed E-state index contributed by atoms with van der Waals surface area (Å²) in [5.41, 5.74) is 7.28. The molecule has 6 nitrogen and oxygen atoms in total. The molecule has 0 bridgehead atoms. The Labute approximate surface area is 143 Å². The summed E-state index contributed by atoms with van der Waals surface area (Å²) in [6, 6.07) is 6.11. The Bertz CT molecular complexity index is 640. The van der Waals surface area contributed by atoms with Gasteiger partial charge in [0, 0.05) is 36.4 Å². The number of nitrogens with one attached hydrogen (secondary N) is 1. The number of amides is 3. The molecular formula is C18H26N4O2. The SMILES string of the molecule is Cc1cc(C(N)=O)ccc1NC(=O)N1CC(N2CCCC[C@H]2C)C1. The molecule has 0 radical (unpaired) electrons. The van der Waals surface area contributed by atoms with Crippen molar-refractivity contribution in [2.24, 2.45) is 5.73 Å². The first-order valence-electron chi connectivity index (χ1n) is 8.68. The van der Waals surface area contributed by atoms with Gasteiger partial charge in [-0.05, 0) is 57.0 Å². The molecule has 0 spiro atoms. The van der Waals surface area contributed by atoms with Crippen molar-refractivity contribution >= 4 is 17.6 Å². The molecule has 2 aliphatic heterocycles. The lowest BCUT2D eigenvalue weighted by Gasteiger charge is -2.49. The van der Waals surface area contributed by atoms with Crippen molar-refractivity contribution in [3.05, 3.63) is 29.3 Å². The van der Waals surface area contributed by atoms with E-state index in [1.807, 2.05) is 11.8 Å². The van der Waals surface area contributed by atoms with Gasteiger partial charge in [0.2, 0.25) is 5.91 Å². The minimum absolute atomic E-state index is 0.0779. The van der Waals surface area contributed by atoms with Gasteiger partial charge in [0.25, 0.3) is 0 Å². The molecule has 24 heavy (non-hydrogen) atoms. The lowest BCUT2D eigenvalue weighted by molar-refractivity contribution is 0.0199. The van der Waals surface area contributed by atoms with E-state index in [4.69, 9.17) is 5.73 Å². The normalized spacial score (nSPS) is 22.1. The van der Waals surface area contributed by atoms with Crippen LogP contribution in [-0.4, -0.2) is 53.5 Å². The van der Waals surface area contributed by atoms with Crippen LogP contribution in [0.15, 0.2) is 18.2 Å². The number of nitrogens with zero attached hydrogens (tertiary/aromatic N) is 2. The van der Waals surface area contributed by atoms with E-state index in [2.05, 4.69) is 17.1 Å². The van der Waals surface area contributed by atoms with Gasteiger partial charge in [-0.1, -0.05) is 6.42 Å². The standard InChI is InChI=1S/C18H26N4O2/c1-12-9-14(17(19)23)6-7-16(12)20-18(24)21-10-15(11-21)22-8-4-3-5-13(22)2/h6-7,9,13,15H,3-5,8,10-11H2,1-2H3,(H2,19,23)(H,20,24)/t13-/m1/s1. The number of piperidine rings is 1. The van der Waals surface area contributed by atoms with Crippen LogP contribution in [0, 0.1) is 6.92 Å². The number of hydrogen-bond donors (Lipinski definition) is 2. The molecular weight excluding hydrogens is 304 g/mol. The third-order valence-corrected chi connectivity index (χ3v) is 5.23. The zero-order chi connectivity index (χ0) is 17.3. The summed E-state index contributed by atoms with van der Waals surface area (Å²) in [4.78, 5) is 27.9. The molecule has 3 amide bonds. The predicted octanol–water partition coefficient (Wildman–Crippen LogP) is 2.18. The van der Waals surface area contributed by atoms with E-state index in [1.165, 1.54) is 19.3 Å². The topological polar surface area (TPSA) is 78.7 Å². The minimum atomic E-state index is -0.461. The van der Waals surface area contributed by atoms with Crippen molar-refractivity contribution in [1.29, 1.82) is 0 Å². The number of carbonyl (C=O) groups excluding carboxylic acids is 2. The van der Waals surface area contributed by atoms with Crippen LogP contribution < -0.4 is 11.1 Å². The van der Waals surface area contributed by atoms with Crippen LogP contribution >= 0.6 is 0 Å². The van der Waals surface area contributed by atoms with E-state index in [0.717, 1.165) is 30.9 Å². The number of aryl methyl sites for hydroxylation is 1. The van der Waals surface area contributed by atoms with Gasteiger partial charge in [-0.25, -0.2) is 4.79 Å². The van der Waals surface area contributed by atoms with E-state index >= 15 is 0 Å². The van der Waals surface area contributed by atoms with E-state index in [1.54, 1.807) is 18.2 Å². The van der Waals surface area contributed by atoms with Crippen molar-refractivity contribution < 1.29 is 9.59 Å². The number of carbonyl (C=O) groups is 2. The molecule has 2 heterocycles. The smallest absolute Gasteiger partial charge is 0.321 e. The second-order valence-electron chi connectivity index (χ2n) is 6.97. The van der Waals surface area contributed by atoms with E-state index < -0.39 is 5.91 Å². The van der Waals surface area contributed by atoms with Gasteiger partial charge >= 0.3 is 6.03 Å². The monoisotopic (exact) mass is 330 g/mol. The summed E-state index contributed by atoms with van der Waals surface area (Å²) in [6.45, 7) is 6.86. The number of rotatable bonds is 3. The first kappa shape index (κ1) is 16.8. The third-order valence-electron chi connectivity index (χ3n) is 5.23. The Hall–Kier alpha value is -2.08. The number of anilines is 1. The number of likely N-dealkylation sites (tertiary alicyclic amines) is 2. The summed E-state index contributed by atoms with van der Waals surface area (Å²) < 4.78 is 0. The second-order valence-corrected chi connectivity index (χ2v) is 6.97. The van der Waals surface area contributed by atoms with Crippen LogP contribution in [-0.2, 0) is 0 Å². The van der Waals surface area contributed by atoms with Crippen molar-refractivity contribution in [3.8, 4) is 0 Å². The molecule has 0 aliphatic carbocycles. The van der Waals surface area contributed by atoms with Crippen LogP contribution in [0.4, 0.5) is 10.5 Å². The maximum atomic E-state index is 12.4. The summed E-state index contributed by atoms with van der Waals surface area (Å²) in [6.07, 6.45) is 3.84. The first-order chi connectivity index (χ1) is 11.5. The van der Waals surface area contributed by atoms with Gasteiger partial charge in [-0.15, -0.1) is 0 Å². The van der Waals surface area contributed by atoms with Crippen LogP contribution in [0.5, 0.6) is 0 Å². The number of hydrogen-bond acceptors (Lipinski definition) is 3. The predicted molar refractivity (Wildman–Crippen MR) is 94.1 cm³/mol. The first-order valence-corrected chi connectivity index (χ1v) is 8.68. The molecule has 2 aliphatic rings. The van der Waals surface area contributed by atoms with Crippen LogP contribution in [0.1, 0.15) is 42.1 Å². The average Bonchev–Trinajstić information content (AvgIpc) is 2.49. The van der Waals surface area contributed by atoms with E-state index in [0.29, 0.717) is 17.6 Å². The zero-order valence-electron chi connectivity index (χ0n) is 14.4. The highest BCUT2D eigenvalue weighted by Gasteiger charge is 2.37. The van der Waals surface area contributed by atoms with Crippen molar-refractivity contribution in [3.63, 3.8) is 0 Å². The Morgan fingerprint density at radius 2 is 2.00 bits per heavy atom. The van der Waals surface area contributed by atoms with E-state index in [-0.39, 0.29) is 6.03 Å². The fourth-order valence-corrected chi connectivity index (χ4v) is 3.65. The Balaban J connectivity index is 1.54. The molecule has 0 unspecified atom stereocenters. The molecule has 3 rings (SSSR count). The maximum Gasteiger partial charge on any atom is 0.321 e. The molecule has 1 aromatic carbocycles. The van der Waals surface area contributed by atoms with Crippen molar-refractivity contribution in [2.45, 2.75) is 45.2 Å². The summed E-state index contributed by atoms with van der Waals surface area (Å²) in [7, 11) is 0. The molecule has 1 aromatic rings. The summed E-state index contributed by atoms with van der Waals surface area (Å²) in [5, 5.41) is 2.93. The maximum absolute atomic E-state index is 12.4. The summed E-state index contributed by atoms with van der Waals surface area (Å²) in [5.74, 6) is -0.461. The van der Waals surface area contributed by atoms with Crippen molar-refractivity contribution in [1.82, 2.24) is 9.80 Å². The van der Waals surface area contributed by atoms with Gasteiger partial charge in [-0.3, -0.25) is 9.69 Å². The zero-order valence-corrected chi connectivity index (χ0v) is 14.4. The number of urea groups is 1. The van der Waals surface area contributed by atoms with Gasteiger partial charge in [-0.2, -0.15) is 0 Å². The van der Waals surface area contributed by atoms with Crippen LogP contribution in [0.25, 0.3) is 0 Å². The molecule has 2 fully saturated rings. The third kappa shape index (κ3) is 3.38. The minimum Gasteiger partial charge on any atom is -0.366 e. The number of nitrogens with two attached hydrogens (primary N) is 1. The number of benzene rings is 1. The van der Waals surface area contributed by atoms with E-state index in [9.17, 15) is 9.59 Å². The number of primary amides is 1. The fraction of sp³-hybridized carbons (Fsp3) is 0.556. The molecule has 0 aromatic heterocycles. The van der Waals surface area contributed by atoms with Crippen LogP contribution in [0.2, 0.25) is 0 Å². The molecule has 6 heteroatoms. The molecule has 1 atom stereocenters.